The molecule has 2 aromatic carbocycles. The summed E-state index contributed by atoms with van der Waals surface area (Å²) < 4.78 is 22.4. The summed E-state index contributed by atoms with van der Waals surface area (Å²) in [6.07, 6.45) is 0. The normalized spacial score (nSPS) is 10.6. The zero-order valence-electron chi connectivity index (χ0n) is 20.0. The molecule has 2 amide bonds. The van der Waals surface area contributed by atoms with Crippen LogP contribution in [0.1, 0.15) is 27.6 Å². The number of nitrogens with one attached hydrogen (secondary N) is 2. The molecule has 0 aliphatic rings. The molecule has 2 N–H and O–H groups in total. The van der Waals surface area contributed by atoms with Gasteiger partial charge in [0.2, 0.25) is 11.9 Å². The van der Waals surface area contributed by atoms with Gasteiger partial charge in [0, 0.05) is 19.2 Å². The number of hydrogen-bond donors (Lipinski definition) is 2. The van der Waals surface area contributed by atoms with E-state index in [1.807, 2.05) is 6.92 Å². The Morgan fingerprint density at radius 1 is 1.00 bits per heavy atom. The Labute approximate surface area is 202 Å². The number of anilines is 1. The van der Waals surface area contributed by atoms with Crippen LogP contribution >= 0.6 is 0 Å². The average Bonchev–Trinajstić information content (AvgIpc) is 3.21. The fourth-order valence-electron chi connectivity index (χ4n) is 3.39. The van der Waals surface area contributed by atoms with E-state index in [1.165, 1.54) is 14.2 Å². The number of hydrogen-bond acceptors (Lipinski definition) is 8. The fraction of sp³-hybridized carbons (Fsp3) is 0.333. The standard InChI is InChI=1S/C24H28N4O7/c1-5-35-19-9-7-15(13-20(19)33-3)22(30)25-14-21(29)27-24-26-17-12-16(23(31)34-4)6-8-18(17)28(24)10-11-32-2/h6-9,12-13H,5,10-11,14H2,1-4H3,(H,25,30)(H,26,27,29). The third-order valence-electron chi connectivity index (χ3n) is 5.07. The van der Waals surface area contributed by atoms with E-state index in [2.05, 4.69) is 15.6 Å². The minimum absolute atomic E-state index is 0.265. The summed E-state index contributed by atoms with van der Waals surface area (Å²) in [5, 5.41) is 5.29. The SMILES string of the molecule is CCOc1ccc(C(=O)NCC(=O)Nc2nc3cc(C(=O)OC)ccc3n2CCOC)cc1OC. The number of ether oxygens (including phenoxy) is 4. The van der Waals surface area contributed by atoms with Gasteiger partial charge in [-0.25, -0.2) is 9.78 Å². The van der Waals surface area contributed by atoms with E-state index < -0.39 is 17.8 Å². The van der Waals surface area contributed by atoms with Gasteiger partial charge in [-0.15, -0.1) is 0 Å². The van der Waals surface area contributed by atoms with Crippen LogP contribution in [0.4, 0.5) is 5.95 Å². The van der Waals surface area contributed by atoms with Gasteiger partial charge in [-0.1, -0.05) is 0 Å². The van der Waals surface area contributed by atoms with Crippen molar-refractivity contribution < 1.29 is 33.3 Å². The monoisotopic (exact) mass is 484 g/mol. The maximum Gasteiger partial charge on any atom is 0.337 e. The van der Waals surface area contributed by atoms with Gasteiger partial charge < -0.3 is 28.8 Å². The molecule has 0 atom stereocenters. The number of benzene rings is 2. The van der Waals surface area contributed by atoms with Crippen LogP contribution in [-0.4, -0.2) is 68.4 Å². The Morgan fingerprint density at radius 2 is 1.77 bits per heavy atom. The van der Waals surface area contributed by atoms with Gasteiger partial charge in [0.15, 0.2) is 11.5 Å². The Balaban J connectivity index is 1.73. The third-order valence-corrected chi connectivity index (χ3v) is 5.07. The predicted molar refractivity (Wildman–Crippen MR) is 128 cm³/mol. The second kappa shape index (κ2) is 11.8. The van der Waals surface area contributed by atoms with Crippen molar-refractivity contribution in [2.24, 2.45) is 0 Å². The van der Waals surface area contributed by atoms with Gasteiger partial charge in [0.1, 0.15) is 0 Å². The molecular weight excluding hydrogens is 456 g/mol. The zero-order chi connectivity index (χ0) is 25.4. The summed E-state index contributed by atoms with van der Waals surface area (Å²) in [4.78, 5) is 41.5. The van der Waals surface area contributed by atoms with Gasteiger partial charge in [-0.3, -0.25) is 14.9 Å². The van der Waals surface area contributed by atoms with E-state index in [0.29, 0.717) is 53.4 Å². The molecule has 11 nitrogen and oxygen atoms in total. The predicted octanol–water partition coefficient (Wildman–Crippen LogP) is 2.25. The summed E-state index contributed by atoms with van der Waals surface area (Å²) in [5.41, 5.74) is 1.87. The van der Waals surface area contributed by atoms with Crippen molar-refractivity contribution in [3.8, 4) is 11.5 Å². The summed E-state index contributed by atoms with van der Waals surface area (Å²) in [6, 6.07) is 9.70. The second-order valence-electron chi connectivity index (χ2n) is 7.30. The third kappa shape index (κ3) is 6.07. The first-order chi connectivity index (χ1) is 16.9. The van der Waals surface area contributed by atoms with E-state index in [9.17, 15) is 14.4 Å². The van der Waals surface area contributed by atoms with E-state index in [4.69, 9.17) is 18.9 Å². The maximum absolute atomic E-state index is 12.6. The molecule has 186 valence electrons. The van der Waals surface area contributed by atoms with Gasteiger partial charge in [0.05, 0.1) is 50.6 Å². The van der Waals surface area contributed by atoms with Crippen molar-refractivity contribution in [1.82, 2.24) is 14.9 Å². The molecule has 1 heterocycles. The minimum atomic E-state index is -0.488. The topological polar surface area (TPSA) is 130 Å². The molecule has 0 saturated heterocycles. The van der Waals surface area contributed by atoms with E-state index in [0.717, 1.165) is 0 Å². The summed E-state index contributed by atoms with van der Waals surface area (Å²) >= 11 is 0. The van der Waals surface area contributed by atoms with Gasteiger partial charge in [0.25, 0.3) is 5.91 Å². The number of imidazole rings is 1. The molecule has 1 aromatic heterocycles. The first-order valence-electron chi connectivity index (χ1n) is 10.9. The second-order valence-corrected chi connectivity index (χ2v) is 7.30. The minimum Gasteiger partial charge on any atom is -0.493 e. The van der Waals surface area contributed by atoms with Crippen LogP contribution in [0.15, 0.2) is 36.4 Å². The molecule has 0 unspecified atom stereocenters. The molecule has 35 heavy (non-hydrogen) atoms. The molecule has 0 saturated carbocycles. The molecule has 3 rings (SSSR count). The van der Waals surface area contributed by atoms with E-state index >= 15 is 0 Å². The average molecular weight is 485 g/mol. The lowest BCUT2D eigenvalue weighted by Crippen LogP contribution is -2.33. The van der Waals surface area contributed by atoms with Crippen molar-refractivity contribution in [2.75, 3.05) is 46.4 Å². The Hall–Kier alpha value is -4.12. The van der Waals surface area contributed by atoms with Crippen molar-refractivity contribution in [2.45, 2.75) is 13.5 Å². The maximum atomic E-state index is 12.6. The highest BCUT2D eigenvalue weighted by atomic mass is 16.5. The Kier molecular flexibility index (Phi) is 8.63. The Morgan fingerprint density at radius 3 is 2.46 bits per heavy atom. The number of nitrogens with zero attached hydrogens (tertiary/aromatic N) is 2. The van der Waals surface area contributed by atoms with Crippen molar-refractivity contribution in [1.29, 1.82) is 0 Å². The first-order valence-corrected chi connectivity index (χ1v) is 10.9. The van der Waals surface area contributed by atoms with Crippen LogP contribution in [0.2, 0.25) is 0 Å². The molecule has 11 heteroatoms. The molecule has 0 aliphatic heterocycles. The van der Waals surface area contributed by atoms with E-state index in [1.54, 1.807) is 48.1 Å². The summed E-state index contributed by atoms with van der Waals surface area (Å²) in [5.74, 6) is -0.203. The van der Waals surface area contributed by atoms with Crippen LogP contribution in [0.5, 0.6) is 11.5 Å². The van der Waals surface area contributed by atoms with Gasteiger partial charge in [-0.05, 0) is 43.3 Å². The number of rotatable bonds is 11. The molecule has 0 bridgehead atoms. The van der Waals surface area contributed by atoms with Gasteiger partial charge in [-0.2, -0.15) is 0 Å². The lowest BCUT2D eigenvalue weighted by Gasteiger charge is -2.12. The summed E-state index contributed by atoms with van der Waals surface area (Å²) in [7, 11) is 4.35. The molecule has 0 spiro atoms. The quantitative estimate of drug-likeness (QED) is 0.397. The largest absolute Gasteiger partial charge is 0.493 e. The lowest BCUT2D eigenvalue weighted by molar-refractivity contribution is -0.115. The number of carbonyl (C=O) groups excluding carboxylic acids is 3. The Bertz CT molecular complexity index is 1220. The number of carbonyl (C=O) groups is 3. The van der Waals surface area contributed by atoms with Crippen molar-refractivity contribution in [3.63, 3.8) is 0 Å². The van der Waals surface area contributed by atoms with Crippen molar-refractivity contribution in [3.05, 3.63) is 47.5 Å². The molecule has 0 radical (unpaired) electrons. The number of methoxy groups -OCH3 is 3. The first kappa shape index (κ1) is 25.5. The molecule has 3 aromatic rings. The lowest BCUT2D eigenvalue weighted by atomic mass is 10.2. The van der Waals surface area contributed by atoms with Crippen LogP contribution in [0.3, 0.4) is 0 Å². The van der Waals surface area contributed by atoms with Crippen LogP contribution < -0.4 is 20.1 Å². The van der Waals surface area contributed by atoms with Crippen LogP contribution in [0, 0.1) is 0 Å². The van der Waals surface area contributed by atoms with Gasteiger partial charge >= 0.3 is 5.97 Å². The van der Waals surface area contributed by atoms with Crippen LogP contribution in [0.25, 0.3) is 11.0 Å². The summed E-state index contributed by atoms with van der Waals surface area (Å²) in [6.45, 7) is 2.82. The highest BCUT2D eigenvalue weighted by Gasteiger charge is 2.17. The molecule has 0 fully saturated rings. The number of amides is 2. The van der Waals surface area contributed by atoms with Crippen molar-refractivity contribution >= 4 is 34.8 Å². The highest BCUT2D eigenvalue weighted by Crippen LogP contribution is 2.28. The van der Waals surface area contributed by atoms with E-state index in [-0.39, 0.29) is 12.5 Å². The number of esters is 1. The molecule has 0 aliphatic carbocycles. The zero-order valence-corrected chi connectivity index (χ0v) is 20.0. The fourth-order valence-corrected chi connectivity index (χ4v) is 3.39. The highest BCUT2D eigenvalue weighted by molar-refractivity contribution is 6.00. The van der Waals surface area contributed by atoms with Crippen LogP contribution in [-0.2, 0) is 20.8 Å². The smallest absolute Gasteiger partial charge is 0.337 e. The number of fused-ring (bicyclic) bond motifs is 1. The molecular formula is C24H28N4O7. The number of aromatic nitrogens is 2.